The fourth-order valence-electron chi connectivity index (χ4n) is 1.38. The van der Waals surface area contributed by atoms with Crippen molar-refractivity contribution >= 4 is 5.91 Å². The van der Waals surface area contributed by atoms with Gasteiger partial charge in [0.1, 0.15) is 0 Å². The normalized spacial score (nSPS) is 12.4. The van der Waals surface area contributed by atoms with E-state index < -0.39 is 6.10 Å². The van der Waals surface area contributed by atoms with Crippen LogP contribution in [0.1, 0.15) is 26.2 Å². The topological polar surface area (TPSA) is 79.8 Å². The minimum absolute atomic E-state index is 0.0155. The molecule has 1 atom stereocenters. The smallest absolute Gasteiger partial charge is 0.221 e. The molecule has 6 heteroatoms. The van der Waals surface area contributed by atoms with Gasteiger partial charge in [0.25, 0.3) is 0 Å². The number of methoxy groups -OCH3 is 1. The van der Waals surface area contributed by atoms with E-state index >= 15 is 0 Å². The number of hydrogen-bond acceptors (Lipinski definition) is 5. The molecule has 0 bridgehead atoms. The summed E-state index contributed by atoms with van der Waals surface area (Å²) in [7, 11) is 1.59. The molecule has 0 rings (SSSR count). The predicted molar refractivity (Wildman–Crippen MR) is 74.1 cm³/mol. The number of rotatable bonds is 13. The lowest BCUT2D eigenvalue weighted by atomic mass is 10.3. The molecule has 0 aromatic carbocycles. The molecule has 114 valence electrons. The highest BCUT2D eigenvalue weighted by molar-refractivity contribution is 5.75. The Morgan fingerprint density at radius 3 is 2.79 bits per heavy atom. The van der Waals surface area contributed by atoms with Gasteiger partial charge < -0.3 is 25.2 Å². The van der Waals surface area contributed by atoms with Crippen LogP contribution in [0.2, 0.25) is 0 Å². The third-order valence-corrected chi connectivity index (χ3v) is 2.49. The summed E-state index contributed by atoms with van der Waals surface area (Å²) in [6, 6.07) is 0. The monoisotopic (exact) mass is 276 g/mol. The second-order valence-electron chi connectivity index (χ2n) is 4.38. The van der Waals surface area contributed by atoms with Crippen molar-refractivity contribution in [3.63, 3.8) is 0 Å². The van der Waals surface area contributed by atoms with Gasteiger partial charge in [-0.05, 0) is 6.42 Å². The molecule has 0 saturated heterocycles. The molecular weight excluding hydrogens is 248 g/mol. The number of aliphatic hydroxyl groups is 1. The summed E-state index contributed by atoms with van der Waals surface area (Å²) in [4.78, 5) is 11.3. The molecular formula is C13H28N2O4. The zero-order valence-electron chi connectivity index (χ0n) is 12.1. The number of aliphatic hydroxyl groups excluding tert-OH is 1. The predicted octanol–water partition coefficient (Wildman–Crippen LogP) is -0.0937. The first-order chi connectivity index (χ1) is 9.20. The van der Waals surface area contributed by atoms with Crippen molar-refractivity contribution in [2.45, 2.75) is 32.3 Å². The van der Waals surface area contributed by atoms with E-state index in [1.54, 1.807) is 7.11 Å². The van der Waals surface area contributed by atoms with Crippen LogP contribution >= 0.6 is 0 Å². The fraction of sp³-hybridized carbons (Fsp3) is 0.923. The van der Waals surface area contributed by atoms with Crippen molar-refractivity contribution in [2.75, 3.05) is 46.6 Å². The SMILES string of the molecule is CCCCOCC(O)CNCCC(=O)NCCOC. The third kappa shape index (κ3) is 13.5. The molecule has 3 N–H and O–H groups in total. The molecule has 1 unspecified atom stereocenters. The molecule has 0 aliphatic rings. The van der Waals surface area contributed by atoms with Crippen LogP contribution in [-0.4, -0.2) is 63.7 Å². The van der Waals surface area contributed by atoms with E-state index in [1.807, 2.05) is 0 Å². The van der Waals surface area contributed by atoms with E-state index in [9.17, 15) is 9.90 Å². The van der Waals surface area contributed by atoms with Crippen LogP contribution < -0.4 is 10.6 Å². The summed E-state index contributed by atoms with van der Waals surface area (Å²) in [6.07, 6.45) is 1.98. The Labute approximate surface area is 115 Å². The Kier molecular flexibility index (Phi) is 13.2. The van der Waals surface area contributed by atoms with Gasteiger partial charge in [0.15, 0.2) is 0 Å². The summed E-state index contributed by atoms with van der Waals surface area (Å²) >= 11 is 0. The average molecular weight is 276 g/mol. The molecule has 0 aromatic rings. The molecule has 19 heavy (non-hydrogen) atoms. The van der Waals surface area contributed by atoms with Crippen LogP contribution in [0.25, 0.3) is 0 Å². The van der Waals surface area contributed by atoms with Crippen LogP contribution in [0.5, 0.6) is 0 Å². The van der Waals surface area contributed by atoms with Gasteiger partial charge in [-0.2, -0.15) is 0 Å². The number of nitrogens with one attached hydrogen (secondary N) is 2. The van der Waals surface area contributed by atoms with Crippen molar-refractivity contribution in [3.8, 4) is 0 Å². The molecule has 0 aliphatic carbocycles. The van der Waals surface area contributed by atoms with Crippen LogP contribution in [0.4, 0.5) is 0 Å². The average Bonchev–Trinajstić information content (AvgIpc) is 2.40. The number of amides is 1. The summed E-state index contributed by atoms with van der Waals surface area (Å²) in [5.41, 5.74) is 0. The highest BCUT2D eigenvalue weighted by Gasteiger charge is 2.04. The van der Waals surface area contributed by atoms with Gasteiger partial charge in [-0.25, -0.2) is 0 Å². The maximum Gasteiger partial charge on any atom is 0.221 e. The van der Waals surface area contributed by atoms with E-state index in [1.165, 1.54) is 0 Å². The lowest BCUT2D eigenvalue weighted by Gasteiger charge is -2.12. The fourth-order valence-corrected chi connectivity index (χ4v) is 1.38. The number of unbranched alkanes of at least 4 members (excludes halogenated alkanes) is 1. The number of ether oxygens (including phenoxy) is 2. The van der Waals surface area contributed by atoms with Gasteiger partial charge in [0.2, 0.25) is 5.91 Å². The summed E-state index contributed by atoms with van der Waals surface area (Å²) in [6.45, 7) is 5.17. The first-order valence-corrected chi connectivity index (χ1v) is 6.92. The number of carbonyl (C=O) groups is 1. The summed E-state index contributed by atoms with van der Waals surface area (Å²) in [5.74, 6) is -0.0155. The van der Waals surface area contributed by atoms with E-state index in [2.05, 4.69) is 17.6 Å². The highest BCUT2D eigenvalue weighted by atomic mass is 16.5. The second kappa shape index (κ2) is 13.7. The zero-order chi connectivity index (χ0) is 14.3. The van der Waals surface area contributed by atoms with Crippen LogP contribution in [0.3, 0.4) is 0 Å². The molecule has 0 fully saturated rings. The van der Waals surface area contributed by atoms with Crippen LogP contribution in [0, 0.1) is 0 Å². The van der Waals surface area contributed by atoms with Gasteiger partial charge >= 0.3 is 0 Å². The lowest BCUT2D eigenvalue weighted by Crippen LogP contribution is -2.34. The largest absolute Gasteiger partial charge is 0.389 e. The first kappa shape index (κ1) is 18.3. The van der Waals surface area contributed by atoms with E-state index in [4.69, 9.17) is 9.47 Å². The van der Waals surface area contributed by atoms with E-state index in [-0.39, 0.29) is 5.91 Å². The van der Waals surface area contributed by atoms with Crippen molar-refractivity contribution in [2.24, 2.45) is 0 Å². The quantitative estimate of drug-likeness (QED) is 0.410. The summed E-state index contributed by atoms with van der Waals surface area (Å²) < 4.78 is 10.1. The third-order valence-electron chi connectivity index (χ3n) is 2.49. The Morgan fingerprint density at radius 1 is 1.32 bits per heavy atom. The Bertz CT molecular complexity index is 215. The van der Waals surface area contributed by atoms with Crippen molar-refractivity contribution < 1.29 is 19.4 Å². The minimum Gasteiger partial charge on any atom is -0.389 e. The Hall–Kier alpha value is -0.690. The maximum absolute atomic E-state index is 11.3. The van der Waals surface area contributed by atoms with Gasteiger partial charge in [0, 0.05) is 39.8 Å². The van der Waals surface area contributed by atoms with Crippen molar-refractivity contribution in [1.82, 2.24) is 10.6 Å². The molecule has 0 heterocycles. The molecule has 0 saturated carbocycles. The Balaban J connectivity index is 3.30. The molecule has 0 spiro atoms. The van der Waals surface area contributed by atoms with Crippen LogP contribution in [-0.2, 0) is 14.3 Å². The van der Waals surface area contributed by atoms with E-state index in [0.717, 1.165) is 12.8 Å². The number of hydrogen-bond donors (Lipinski definition) is 3. The molecule has 1 amide bonds. The van der Waals surface area contributed by atoms with Crippen LogP contribution in [0.15, 0.2) is 0 Å². The van der Waals surface area contributed by atoms with E-state index in [0.29, 0.717) is 45.9 Å². The standard InChI is InChI=1S/C13H28N2O4/c1-3-4-8-19-11-12(16)10-14-6-5-13(17)15-7-9-18-2/h12,14,16H,3-11H2,1-2H3,(H,15,17). The van der Waals surface area contributed by atoms with Gasteiger partial charge in [-0.1, -0.05) is 13.3 Å². The molecule has 6 nitrogen and oxygen atoms in total. The van der Waals surface area contributed by atoms with Gasteiger partial charge in [0.05, 0.1) is 19.3 Å². The lowest BCUT2D eigenvalue weighted by molar-refractivity contribution is -0.121. The van der Waals surface area contributed by atoms with Crippen molar-refractivity contribution in [1.29, 1.82) is 0 Å². The maximum atomic E-state index is 11.3. The van der Waals surface area contributed by atoms with Gasteiger partial charge in [-0.15, -0.1) is 0 Å². The van der Waals surface area contributed by atoms with Crippen molar-refractivity contribution in [3.05, 3.63) is 0 Å². The first-order valence-electron chi connectivity index (χ1n) is 6.92. The second-order valence-corrected chi connectivity index (χ2v) is 4.38. The zero-order valence-corrected chi connectivity index (χ0v) is 12.1. The Morgan fingerprint density at radius 2 is 2.11 bits per heavy atom. The summed E-state index contributed by atoms with van der Waals surface area (Å²) in [5, 5.41) is 15.3. The molecule has 0 radical (unpaired) electrons. The van der Waals surface area contributed by atoms with Gasteiger partial charge in [-0.3, -0.25) is 4.79 Å². The molecule has 0 aliphatic heterocycles. The molecule has 0 aromatic heterocycles. The minimum atomic E-state index is -0.520. The number of carbonyl (C=O) groups excluding carboxylic acids is 1. The highest BCUT2D eigenvalue weighted by Crippen LogP contribution is 1.90.